The summed E-state index contributed by atoms with van der Waals surface area (Å²) in [6.07, 6.45) is 5.03. The maximum Gasteiger partial charge on any atom is 0.254 e. The highest BCUT2D eigenvalue weighted by molar-refractivity contribution is 5.04. The van der Waals surface area contributed by atoms with Crippen molar-refractivity contribution in [2.24, 2.45) is 0 Å². The van der Waals surface area contributed by atoms with Crippen LogP contribution >= 0.6 is 0 Å². The van der Waals surface area contributed by atoms with E-state index in [4.69, 9.17) is 4.74 Å². The van der Waals surface area contributed by atoms with Crippen LogP contribution < -0.4 is 10.3 Å². The Bertz CT molecular complexity index is 391. The van der Waals surface area contributed by atoms with Crippen LogP contribution in [-0.4, -0.2) is 41.1 Å². The molecule has 1 atom stereocenters. The first kappa shape index (κ1) is 11.1. The predicted molar refractivity (Wildman–Crippen MR) is 60.6 cm³/mol. The Morgan fingerprint density at radius 2 is 2.50 bits per heavy atom. The van der Waals surface area contributed by atoms with E-state index in [-0.39, 0.29) is 5.56 Å². The number of hydrogen-bond acceptors (Lipinski definition) is 4. The van der Waals surface area contributed by atoms with Gasteiger partial charge in [-0.3, -0.25) is 4.79 Å². The van der Waals surface area contributed by atoms with Gasteiger partial charge in [0.1, 0.15) is 6.61 Å². The van der Waals surface area contributed by atoms with Crippen molar-refractivity contribution >= 4 is 0 Å². The van der Waals surface area contributed by atoms with Crippen LogP contribution in [0.4, 0.5) is 0 Å². The highest BCUT2D eigenvalue weighted by atomic mass is 16.5. The first-order chi connectivity index (χ1) is 7.75. The van der Waals surface area contributed by atoms with E-state index in [2.05, 4.69) is 21.9 Å². The number of likely N-dealkylation sites (N-methyl/N-ethyl adjacent to an activating group) is 1. The van der Waals surface area contributed by atoms with Gasteiger partial charge in [-0.25, -0.2) is 4.98 Å². The molecule has 1 aliphatic heterocycles. The van der Waals surface area contributed by atoms with Gasteiger partial charge >= 0.3 is 0 Å². The van der Waals surface area contributed by atoms with Crippen molar-refractivity contribution in [3.63, 3.8) is 0 Å². The molecular weight excluding hydrogens is 206 g/mol. The van der Waals surface area contributed by atoms with Crippen LogP contribution in [0.5, 0.6) is 5.88 Å². The third-order valence-electron chi connectivity index (χ3n) is 3.00. The van der Waals surface area contributed by atoms with Gasteiger partial charge < -0.3 is 14.6 Å². The maximum absolute atomic E-state index is 11.0. The zero-order valence-electron chi connectivity index (χ0n) is 9.48. The number of H-pyrrole nitrogens is 1. The van der Waals surface area contributed by atoms with E-state index in [1.54, 1.807) is 0 Å². The summed E-state index contributed by atoms with van der Waals surface area (Å²) in [4.78, 5) is 19.7. The quantitative estimate of drug-likeness (QED) is 0.816. The molecule has 0 aliphatic carbocycles. The number of piperidine rings is 1. The molecular formula is C11H17N3O2. The van der Waals surface area contributed by atoms with Crippen LogP contribution in [0.25, 0.3) is 0 Å². The molecule has 1 fully saturated rings. The molecule has 1 unspecified atom stereocenters. The second-order valence-corrected chi connectivity index (χ2v) is 4.19. The molecule has 0 amide bonds. The summed E-state index contributed by atoms with van der Waals surface area (Å²) < 4.78 is 5.52. The largest absolute Gasteiger partial charge is 0.476 e. The molecule has 1 aliphatic rings. The second-order valence-electron chi connectivity index (χ2n) is 4.19. The zero-order valence-corrected chi connectivity index (χ0v) is 9.48. The summed E-state index contributed by atoms with van der Waals surface area (Å²) in [7, 11) is 2.11. The van der Waals surface area contributed by atoms with Crippen LogP contribution in [0.3, 0.4) is 0 Å². The lowest BCUT2D eigenvalue weighted by atomic mass is 10.0. The van der Waals surface area contributed by atoms with E-state index in [1.807, 2.05) is 0 Å². The summed E-state index contributed by atoms with van der Waals surface area (Å²) in [5.74, 6) is 0.405. The molecule has 0 aromatic carbocycles. The van der Waals surface area contributed by atoms with Gasteiger partial charge in [-0.15, -0.1) is 0 Å². The van der Waals surface area contributed by atoms with Crippen LogP contribution in [0.15, 0.2) is 17.2 Å². The Kier molecular flexibility index (Phi) is 3.56. The first-order valence-electron chi connectivity index (χ1n) is 5.63. The monoisotopic (exact) mass is 223 g/mol. The minimum absolute atomic E-state index is 0.179. The SMILES string of the molecule is CN1CCCCC1COc1cc(=O)[nH]cn1. The molecule has 1 aromatic heterocycles. The minimum Gasteiger partial charge on any atom is -0.476 e. The number of nitrogens with zero attached hydrogens (tertiary/aromatic N) is 2. The van der Waals surface area contributed by atoms with Crippen molar-refractivity contribution in [2.75, 3.05) is 20.2 Å². The molecule has 2 rings (SSSR count). The lowest BCUT2D eigenvalue weighted by molar-refractivity contribution is 0.122. The van der Waals surface area contributed by atoms with E-state index in [1.165, 1.54) is 25.2 Å². The van der Waals surface area contributed by atoms with Crippen molar-refractivity contribution in [3.8, 4) is 5.88 Å². The first-order valence-corrected chi connectivity index (χ1v) is 5.63. The van der Waals surface area contributed by atoms with Crippen LogP contribution in [0.2, 0.25) is 0 Å². The van der Waals surface area contributed by atoms with E-state index in [0.717, 1.165) is 13.0 Å². The van der Waals surface area contributed by atoms with Crippen molar-refractivity contribution in [3.05, 3.63) is 22.7 Å². The lowest BCUT2D eigenvalue weighted by Crippen LogP contribution is -2.40. The third kappa shape index (κ3) is 2.82. The molecule has 2 heterocycles. The summed E-state index contributed by atoms with van der Waals surface area (Å²) in [5.41, 5.74) is -0.179. The average molecular weight is 223 g/mol. The molecule has 0 spiro atoms. The fourth-order valence-electron chi connectivity index (χ4n) is 1.97. The standard InChI is InChI=1S/C11H17N3O2/c1-14-5-3-2-4-9(14)7-16-11-6-10(15)12-8-13-11/h6,8-9H,2-5,7H2,1H3,(H,12,13,15). The number of aromatic nitrogens is 2. The number of hydrogen-bond donors (Lipinski definition) is 1. The molecule has 1 saturated heterocycles. The van der Waals surface area contributed by atoms with E-state index in [0.29, 0.717) is 18.5 Å². The Balaban J connectivity index is 1.89. The molecule has 0 bridgehead atoms. The third-order valence-corrected chi connectivity index (χ3v) is 3.00. The smallest absolute Gasteiger partial charge is 0.254 e. The van der Waals surface area contributed by atoms with E-state index in [9.17, 15) is 4.79 Å². The highest BCUT2D eigenvalue weighted by Gasteiger charge is 2.19. The maximum atomic E-state index is 11.0. The van der Waals surface area contributed by atoms with Crippen molar-refractivity contribution in [2.45, 2.75) is 25.3 Å². The van der Waals surface area contributed by atoms with Gasteiger partial charge in [-0.1, -0.05) is 6.42 Å². The lowest BCUT2D eigenvalue weighted by Gasteiger charge is -2.31. The fourth-order valence-corrected chi connectivity index (χ4v) is 1.97. The number of ether oxygens (including phenoxy) is 1. The predicted octanol–water partition coefficient (Wildman–Crippen LogP) is 0.633. The molecule has 88 valence electrons. The molecule has 0 saturated carbocycles. The Morgan fingerprint density at radius 1 is 1.62 bits per heavy atom. The average Bonchev–Trinajstić information content (AvgIpc) is 2.28. The number of likely N-dealkylation sites (tertiary alicyclic amines) is 1. The summed E-state index contributed by atoms with van der Waals surface area (Å²) in [5, 5.41) is 0. The van der Waals surface area contributed by atoms with Crippen molar-refractivity contribution < 1.29 is 4.74 Å². The molecule has 5 nitrogen and oxygen atoms in total. The van der Waals surface area contributed by atoms with Gasteiger partial charge in [0.15, 0.2) is 0 Å². The number of nitrogens with one attached hydrogen (secondary N) is 1. The van der Waals surface area contributed by atoms with Gasteiger partial charge in [0, 0.05) is 6.04 Å². The van der Waals surface area contributed by atoms with Gasteiger partial charge in [-0.05, 0) is 26.4 Å². The van der Waals surface area contributed by atoms with Crippen LogP contribution in [0, 0.1) is 0 Å². The Hall–Kier alpha value is -1.36. The van der Waals surface area contributed by atoms with Gasteiger partial charge in [0.25, 0.3) is 5.56 Å². The Morgan fingerprint density at radius 3 is 3.25 bits per heavy atom. The Labute approximate surface area is 94.5 Å². The van der Waals surface area contributed by atoms with Gasteiger partial charge in [0.2, 0.25) is 5.88 Å². The molecule has 1 aromatic rings. The molecule has 0 radical (unpaired) electrons. The normalized spacial score (nSPS) is 21.9. The summed E-state index contributed by atoms with van der Waals surface area (Å²) in [6.45, 7) is 1.73. The van der Waals surface area contributed by atoms with Crippen molar-refractivity contribution in [1.82, 2.24) is 14.9 Å². The van der Waals surface area contributed by atoms with Gasteiger partial charge in [-0.2, -0.15) is 0 Å². The fraction of sp³-hybridized carbons (Fsp3) is 0.636. The van der Waals surface area contributed by atoms with E-state index < -0.39 is 0 Å². The molecule has 5 heteroatoms. The van der Waals surface area contributed by atoms with Crippen molar-refractivity contribution in [1.29, 1.82) is 0 Å². The molecule has 16 heavy (non-hydrogen) atoms. The second kappa shape index (κ2) is 5.12. The van der Waals surface area contributed by atoms with Gasteiger partial charge in [0.05, 0.1) is 12.4 Å². The highest BCUT2D eigenvalue weighted by Crippen LogP contribution is 2.15. The van der Waals surface area contributed by atoms with E-state index >= 15 is 0 Å². The zero-order chi connectivity index (χ0) is 11.4. The summed E-state index contributed by atoms with van der Waals surface area (Å²) >= 11 is 0. The molecule has 1 N–H and O–H groups in total. The topological polar surface area (TPSA) is 58.2 Å². The van der Waals surface area contributed by atoms with Crippen LogP contribution in [0.1, 0.15) is 19.3 Å². The summed E-state index contributed by atoms with van der Waals surface area (Å²) in [6, 6.07) is 1.82. The number of rotatable bonds is 3. The van der Waals surface area contributed by atoms with Crippen LogP contribution in [-0.2, 0) is 0 Å². The minimum atomic E-state index is -0.179. The number of aromatic amines is 1.